The molecule has 2 amide bonds. The van der Waals surface area contributed by atoms with Crippen molar-refractivity contribution in [2.75, 3.05) is 45.6 Å². The normalized spacial score (nSPS) is 15.1. The molecule has 2 heterocycles. The molecular formula is C26H28Cl2FN5O3. The maximum absolute atomic E-state index is 14.8. The number of fused-ring (bicyclic) bond motifs is 2. The van der Waals surface area contributed by atoms with Gasteiger partial charge in [-0.15, -0.1) is 0 Å². The molecule has 2 aromatic carbocycles. The van der Waals surface area contributed by atoms with Gasteiger partial charge in [0.2, 0.25) is 5.91 Å². The highest BCUT2D eigenvalue weighted by Crippen LogP contribution is 2.37. The number of halogens is 3. The fourth-order valence-electron chi connectivity index (χ4n) is 4.55. The second-order valence-electron chi connectivity index (χ2n) is 9.32. The number of aromatic amines is 1. The van der Waals surface area contributed by atoms with Crippen molar-refractivity contribution in [1.82, 2.24) is 20.1 Å². The van der Waals surface area contributed by atoms with E-state index in [-0.39, 0.29) is 35.3 Å². The minimum atomic E-state index is -0.677. The quantitative estimate of drug-likeness (QED) is 0.417. The van der Waals surface area contributed by atoms with Crippen LogP contribution in [0.25, 0.3) is 10.8 Å². The summed E-state index contributed by atoms with van der Waals surface area (Å²) in [4.78, 5) is 44.1. The van der Waals surface area contributed by atoms with E-state index in [2.05, 4.69) is 15.6 Å². The van der Waals surface area contributed by atoms with E-state index in [1.807, 2.05) is 32.0 Å². The maximum Gasteiger partial charge on any atom is 0.267 e. The lowest BCUT2D eigenvalue weighted by molar-refractivity contribution is -0.131. The largest absolute Gasteiger partial charge is 0.374 e. The van der Waals surface area contributed by atoms with Crippen LogP contribution >= 0.6 is 23.2 Å². The minimum Gasteiger partial charge on any atom is -0.374 e. The van der Waals surface area contributed by atoms with Gasteiger partial charge in [0, 0.05) is 29.7 Å². The number of hydrogen-bond acceptors (Lipinski definition) is 5. The smallest absolute Gasteiger partial charge is 0.267 e. The molecule has 1 aromatic heterocycles. The Labute approximate surface area is 223 Å². The van der Waals surface area contributed by atoms with Crippen molar-refractivity contribution in [2.45, 2.75) is 19.4 Å². The number of likely N-dealkylation sites (N-methyl/N-ethyl adjacent to an activating group) is 1. The molecule has 196 valence electrons. The molecule has 1 aliphatic heterocycles. The average molecular weight is 548 g/mol. The van der Waals surface area contributed by atoms with E-state index < -0.39 is 17.3 Å². The molecule has 8 nitrogen and oxygen atoms in total. The van der Waals surface area contributed by atoms with Gasteiger partial charge in [-0.25, -0.2) is 4.39 Å². The summed E-state index contributed by atoms with van der Waals surface area (Å²) >= 11 is 12.5. The summed E-state index contributed by atoms with van der Waals surface area (Å²) < 4.78 is 14.8. The number of anilines is 1. The van der Waals surface area contributed by atoms with Gasteiger partial charge in [0.25, 0.3) is 11.5 Å². The van der Waals surface area contributed by atoms with Crippen molar-refractivity contribution in [3.05, 3.63) is 73.4 Å². The maximum atomic E-state index is 14.8. The van der Waals surface area contributed by atoms with Gasteiger partial charge in [-0.3, -0.25) is 14.4 Å². The van der Waals surface area contributed by atoms with Crippen LogP contribution in [0.3, 0.4) is 0 Å². The van der Waals surface area contributed by atoms with Crippen LogP contribution in [0.1, 0.15) is 34.6 Å². The van der Waals surface area contributed by atoms with E-state index in [0.29, 0.717) is 41.5 Å². The average Bonchev–Trinajstić information content (AvgIpc) is 2.82. The van der Waals surface area contributed by atoms with Crippen LogP contribution in [-0.2, 0) is 11.2 Å². The molecule has 0 saturated carbocycles. The van der Waals surface area contributed by atoms with Gasteiger partial charge >= 0.3 is 0 Å². The van der Waals surface area contributed by atoms with Crippen LogP contribution in [0.4, 0.5) is 10.1 Å². The number of nitrogens with zero attached hydrogens (tertiary/aromatic N) is 2. The first kappa shape index (κ1) is 26.9. The molecular weight excluding hydrogens is 520 g/mol. The molecule has 1 atom stereocenters. The number of benzene rings is 2. The van der Waals surface area contributed by atoms with E-state index in [0.717, 1.165) is 17.2 Å². The Kier molecular flexibility index (Phi) is 8.06. The molecule has 0 spiro atoms. The summed E-state index contributed by atoms with van der Waals surface area (Å²) in [6, 6.07) is 7.27. The third-order valence-corrected chi connectivity index (χ3v) is 6.99. The van der Waals surface area contributed by atoms with Crippen molar-refractivity contribution in [1.29, 1.82) is 0 Å². The van der Waals surface area contributed by atoms with Gasteiger partial charge in [0.05, 0.1) is 23.7 Å². The summed E-state index contributed by atoms with van der Waals surface area (Å²) in [5.41, 5.74) is 1.42. The summed E-state index contributed by atoms with van der Waals surface area (Å²) in [6.45, 7) is 3.26. The fraction of sp³-hybridized carbons (Fsp3) is 0.346. The van der Waals surface area contributed by atoms with Gasteiger partial charge in [-0.05, 0) is 74.3 Å². The molecule has 0 bridgehead atoms. The lowest BCUT2D eigenvalue weighted by Crippen LogP contribution is -2.42. The second kappa shape index (κ2) is 11.1. The third kappa shape index (κ3) is 5.89. The highest BCUT2D eigenvalue weighted by molar-refractivity contribution is 6.35. The summed E-state index contributed by atoms with van der Waals surface area (Å²) in [5.74, 6) is -1.34. The first-order valence-electron chi connectivity index (χ1n) is 11.9. The first-order valence-corrected chi connectivity index (χ1v) is 12.6. The lowest BCUT2D eigenvalue weighted by Gasteiger charge is -2.36. The first-order chi connectivity index (χ1) is 17.5. The number of carbonyl (C=O) groups excluding carboxylic acids is 2. The van der Waals surface area contributed by atoms with E-state index in [4.69, 9.17) is 23.2 Å². The topological polar surface area (TPSA) is 97.5 Å². The van der Waals surface area contributed by atoms with E-state index >= 15 is 0 Å². The molecule has 4 rings (SSSR count). The Morgan fingerprint density at radius 1 is 1.19 bits per heavy atom. The Bertz CT molecular complexity index is 1430. The number of hydrogen-bond donors (Lipinski definition) is 3. The van der Waals surface area contributed by atoms with Crippen molar-refractivity contribution in [2.24, 2.45) is 0 Å². The standard InChI is InChI=1S/C26H28Cl2FN5O3/c1-14-24-15(8-17(27)11-19(24)28)4-6-34(14)23(35)13-31-21-9-16-10-22(26(37)30-5-7-33(2)3)32-25(36)18(16)12-20(21)29/h8-12,14,31H,4-7,13H2,1-3H3,(H,30,37)(H,32,36). The number of amides is 2. The molecule has 0 radical (unpaired) electrons. The zero-order chi connectivity index (χ0) is 26.9. The molecule has 3 aromatic rings. The zero-order valence-electron chi connectivity index (χ0n) is 20.8. The van der Waals surface area contributed by atoms with E-state index in [1.54, 1.807) is 11.0 Å². The Morgan fingerprint density at radius 2 is 1.95 bits per heavy atom. The van der Waals surface area contributed by atoms with Crippen LogP contribution in [0.5, 0.6) is 0 Å². The number of nitrogens with one attached hydrogen (secondary N) is 3. The molecule has 1 unspecified atom stereocenters. The number of carbonyl (C=O) groups is 2. The highest BCUT2D eigenvalue weighted by atomic mass is 35.5. The van der Waals surface area contributed by atoms with Crippen LogP contribution in [-0.4, -0.2) is 66.9 Å². The predicted molar refractivity (Wildman–Crippen MR) is 144 cm³/mol. The monoisotopic (exact) mass is 547 g/mol. The SMILES string of the molecule is CC1c2c(Cl)cc(Cl)cc2CCN1C(=O)CNc1cc2cc(C(=O)NCCN(C)C)[nH]c(=O)c2cc1F. The molecule has 0 aliphatic carbocycles. The van der Waals surface area contributed by atoms with Gasteiger partial charge in [0.1, 0.15) is 11.5 Å². The van der Waals surface area contributed by atoms with Gasteiger partial charge < -0.3 is 25.4 Å². The van der Waals surface area contributed by atoms with Crippen LogP contribution in [0.2, 0.25) is 10.0 Å². The van der Waals surface area contributed by atoms with Gasteiger partial charge in [0.15, 0.2) is 0 Å². The van der Waals surface area contributed by atoms with Crippen molar-refractivity contribution >= 4 is 51.5 Å². The number of rotatable bonds is 7. The van der Waals surface area contributed by atoms with E-state index in [1.165, 1.54) is 12.1 Å². The summed E-state index contributed by atoms with van der Waals surface area (Å²) in [6.07, 6.45) is 0.609. The second-order valence-corrected chi connectivity index (χ2v) is 10.2. The Balaban J connectivity index is 1.50. The van der Waals surface area contributed by atoms with E-state index in [9.17, 15) is 18.8 Å². The molecule has 1 aliphatic rings. The van der Waals surface area contributed by atoms with Crippen molar-refractivity contribution in [3.8, 4) is 0 Å². The number of aromatic nitrogens is 1. The van der Waals surface area contributed by atoms with Gasteiger partial charge in [-0.2, -0.15) is 0 Å². The molecule has 0 saturated heterocycles. The van der Waals surface area contributed by atoms with Crippen LogP contribution in [0.15, 0.2) is 35.1 Å². The van der Waals surface area contributed by atoms with Crippen LogP contribution < -0.4 is 16.2 Å². The summed E-state index contributed by atoms with van der Waals surface area (Å²) in [5, 5.41) is 7.12. The summed E-state index contributed by atoms with van der Waals surface area (Å²) in [7, 11) is 3.77. The lowest BCUT2D eigenvalue weighted by atomic mass is 9.93. The van der Waals surface area contributed by atoms with Gasteiger partial charge in [-0.1, -0.05) is 23.2 Å². The zero-order valence-corrected chi connectivity index (χ0v) is 22.3. The molecule has 37 heavy (non-hydrogen) atoms. The third-order valence-electron chi connectivity index (χ3n) is 6.46. The molecule has 3 N–H and O–H groups in total. The molecule has 11 heteroatoms. The number of pyridine rings is 1. The predicted octanol–water partition coefficient (Wildman–Crippen LogP) is 3.82. The van der Waals surface area contributed by atoms with Crippen LogP contribution in [0, 0.1) is 5.82 Å². The Morgan fingerprint density at radius 3 is 2.68 bits per heavy atom. The Hall–Kier alpha value is -3.14. The fourth-order valence-corrected chi connectivity index (χ4v) is 5.24. The molecule has 0 fully saturated rings. The van der Waals surface area contributed by atoms with Crippen molar-refractivity contribution < 1.29 is 14.0 Å². The number of H-pyrrole nitrogens is 1. The minimum absolute atomic E-state index is 0.0558. The van der Waals surface area contributed by atoms with Crippen molar-refractivity contribution in [3.63, 3.8) is 0 Å². The highest BCUT2D eigenvalue weighted by Gasteiger charge is 2.29.